The zero-order valence-corrected chi connectivity index (χ0v) is 14.1. The first kappa shape index (κ1) is 18.8. The van der Waals surface area contributed by atoms with E-state index in [1.54, 1.807) is 12.1 Å². The summed E-state index contributed by atoms with van der Waals surface area (Å²) in [5.74, 6) is -1.98. The summed E-state index contributed by atoms with van der Waals surface area (Å²) < 4.78 is 54.7. The molecule has 0 fully saturated rings. The Labute approximate surface area is 144 Å². The highest BCUT2D eigenvalue weighted by atomic mass is 32.2. The van der Waals surface area contributed by atoms with E-state index < -0.39 is 21.8 Å². The van der Waals surface area contributed by atoms with Gasteiger partial charge in [0.05, 0.1) is 10.6 Å². The molecule has 2 rings (SSSR count). The van der Waals surface area contributed by atoms with E-state index in [9.17, 15) is 17.2 Å². The molecule has 0 atom stereocenters. The van der Waals surface area contributed by atoms with Gasteiger partial charge in [0.2, 0.25) is 0 Å². The predicted molar refractivity (Wildman–Crippen MR) is 91.1 cm³/mol. The van der Waals surface area contributed by atoms with Crippen molar-refractivity contribution in [2.75, 3.05) is 6.61 Å². The van der Waals surface area contributed by atoms with E-state index in [-0.39, 0.29) is 22.9 Å². The minimum absolute atomic E-state index is 0.0290. The maximum absolute atomic E-state index is 13.0. The highest BCUT2D eigenvalue weighted by Gasteiger charge is 2.14. The molecule has 0 saturated heterocycles. The van der Waals surface area contributed by atoms with E-state index in [4.69, 9.17) is 9.92 Å². The van der Waals surface area contributed by atoms with Crippen molar-refractivity contribution in [3.8, 4) is 0 Å². The summed E-state index contributed by atoms with van der Waals surface area (Å²) in [5, 5.41) is 0. The Kier molecular flexibility index (Phi) is 6.00. The lowest BCUT2D eigenvalue weighted by molar-refractivity contribution is 0.347. The standard InChI is InChI=1S/C17H16F2N2O3S/c1-12-2-5-15(6-3-12)25(22,23)24-11-13(20)8-9-21-14-4-7-16(18)17(19)10-14/h2-10H,11,20H2,1H3. The maximum atomic E-state index is 13.0. The van der Waals surface area contributed by atoms with Crippen LogP contribution in [0, 0.1) is 18.6 Å². The van der Waals surface area contributed by atoms with Gasteiger partial charge in [0.15, 0.2) is 11.6 Å². The summed E-state index contributed by atoms with van der Waals surface area (Å²) in [6, 6.07) is 9.36. The summed E-state index contributed by atoms with van der Waals surface area (Å²) in [5.41, 5.74) is 6.86. The van der Waals surface area contributed by atoms with Crippen LogP contribution < -0.4 is 5.73 Å². The molecule has 132 valence electrons. The van der Waals surface area contributed by atoms with Gasteiger partial charge in [0.25, 0.3) is 10.1 Å². The lowest BCUT2D eigenvalue weighted by atomic mass is 10.2. The van der Waals surface area contributed by atoms with Crippen LogP contribution in [0.1, 0.15) is 5.56 Å². The molecule has 0 heterocycles. The number of benzene rings is 2. The number of aryl methyl sites for hydroxylation is 1. The fraction of sp³-hybridized carbons (Fsp3) is 0.118. The first-order valence-electron chi connectivity index (χ1n) is 7.18. The van der Waals surface area contributed by atoms with Crippen LogP contribution in [0.3, 0.4) is 0 Å². The van der Waals surface area contributed by atoms with Crippen LogP contribution in [0.5, 0.6) is 0 Å². The molecule has 2 aromatic rings. The molecule has 8 heteroatoms. The van der Waals surface area contributed by atoms with Crippen LogP contribution in [0.4, 0.5) is 14.5 Å². The van der Waals surface area contributed by atoms with E-state index in [1.807, 2.05) is 6.92 Å². The Morgan fingerprint density at radius 1 is 1.16 bits per heavy atom. The number of nitrogens with zero attached hydrogens (tertiary/aromatic N) is 1. The van der Waals surface area contributed by atoms with E-state index in [0.29, 0.717) is 0 Å². The molecular formula is C17H16F2N2O3S. The topological polar surface area (TPSA) is 81.8 Å². The minimum atomic E-state index is -3.92. The van der Waals surface area contributed by atoms with E-state index in [1.165, 1.54) is 30.5 Å². The predicted octanol–water partition coefficient (Wildman–Crippen LogP) is 3.22. The normalized spacial score (nSPS) is 12.7. The molecule has 0 radical (unpaired) electrons. The summed E-state index contributed by atoms with van der Waals surface area (Å²) in [6.07, 6.45) is 2.55. The average Bonchev–Trinajstić information content (AvgIpc) is 2.57. The van der Waals surface area contributed by atoms with E-state index >= 15 is 0 Å². The van der Waals surface area contributed by atoms with Gasteiger partial charge >= 0.3 is 0 Å². The van der Waals surface area contributed by atoms with Crippen molar-refractivity contribution in [3.05, 3.63) is 71.4 Å². The molecule has 0 saturated carbocycles. The molecule has 2 aromatic carbocycles. The Hall–Kier alpha value is -2.58. The van der Waals surface area contributed by atoms with E-state index in [0.717, 1.165) is 17.7 Å². The van der Waals surface area contributed by atoms with Gasteiger partial charge in [0, 0.05) is 18.0 Å². The van der Waals surface area contributed by atoms with Crippen LogP contribution in [0.15, 0.2) is 64.1 Å². The lowest BCUT2D eigenvalue weighted by Gasteiger charge is -2.05. The fourth-order valence-electron chi connectivity index (χ4n) is 1.75. The molecule has 5 nitrogen and oxygen atoms in total. The highest BCUT2D eigenvalue weighted by Crippen LogP contribution is 2.16. The van der Waals surface area contributed by atoms with Gasteiger partial charge in [-0.2, -0.15) is 8.42 Å². The highest BCUT2D eigenvalue weighted by molar-refractivity contribution is 7.86. The molecule has 0 aliphatic heterocycles. The number of aliphatic imine (C=N–C) groups is 1. The number of nitrogens with two attached hydrogens (primary N) is 1. The molecule has 0 aromatic heterocycles. The minimum Gasteiger partial charge on any atom is -0.400 e. The molecule has 0 aliphatic rings. The fourth-order valence-corrected chi connectivity index (χ4v) is 2.65. The van der Waals surface area contributed by atoms with Crippen molar-refractivity contribution in [1.82, 2.24) is 0 Å². The van der Waals surface area contributed by atoms with Crippen molar-refractivity contribution in [2.45, 2.75) is 11.8 Å². The van der Waals surface area contributed by atoms with Crippen molar-refractivity contribution in [1.29, 1.82) is 0 Å². The molecule has 0 aliphatic carbocycles. The van der Waals surface area contributed by atoms with Crippen LogP contribution in [0.2, 0.25) is 0 Å². The van der Waals surface area contributed by atoms with Gasteiger partial charge in [-0.1, -0.05) is 17.7 Å². The first-order valence-corrected chi connectivity index (χ1v) is 8.58. The monoisotopic (exact) mass is 366 g/mol. The van der Waals surface area contributed by atoms with Gasteiger partial charge in [0.1, 0.15) is 6.61 Å². The van der Waals surface area contributed by atoms with Crippen molar-refractivity contribution >= 4 is 22.0 Å². The van der Waals surface area contributed by atoms with Gasteiger partial charge < -0.3 is 5.73 Å². The van der Waals surface area contributed by atoms with E-state index in [2.05, 4.69) is 4.99 Å². The third kappa shape index (κ3) is 5.47. The third-order valence-corrected chi connectivity index (χ3v) is 4.38. The second-order valence-corrected chi connectivity index (χ2v) is 6.76. The van der Waals surface area contributed by atoms with Crippen LogP contribution in [-0.2, 0) is 14.3 Å². The van der Waals surface area contributed by atoms with Crippen LogP contribution >= 0.6 is 0 Å². The summed E-state index contributed by atoms with van der Waals surface area (Å²) >= 11 is 0. The summed E-state index contributed by atoms with van der Waals surface area (Å²) in [7, 11) is -3.92. The Bertz CT molecular complexity index is 908. The molecular weight excluding hydrogens is 350 g/mol. The number of hydrogen-bond donors (Lipinski definition) is 1. The molecule has 0 bridgehead atoms. The Morgan fingerprint density at radius 2 is 1.84 bits per heavy atom. The quantitative estimate of drug-likeness (QED) is 0.629. The first-order chi connectivity index (χ1) is 11.8. The Balaban J connectivity index is 1.97. The molecule has 2 N–H and O–H groups in total. The molecule has 0 amide bonds. The van der Waals surface area contributed by atoms with Gasteiger partial charge in [-0.05, 0) is 37.3 Å². The summed E-state index contributed by atoms with van der Waals surface area (Å²) in [4.78, 5) is 3.90. The van der Waals surface area contributed by atoms with Gasteiger partial charge in [-0.3, -0.25) is 9.18 Å². The largest absolute Gasteiger partial charge is 0.400 e. The molecule has 0 unspecified atom stereocenters. The number of halogens is 2. The number of rotatable bonds is 6. The molecule has 0 spiro atoms. The van der Waals surface area contributed by atoms with Gasteiger partial charge in [-0.25, -0.2) is 8.78 Å². The van der Waals surface area contributed by atoms with Crippen molar-refractivity contribution < 1.29 is 21.4 Å². The lowest BCUT2D eigenvalue weighted by Crippen LogP contribution is -2.13. The zero-order chi connectivity index (χ0) is 18.4. The van der Waals surface area contributed by atoms with Crippen molar-refractivity contribution in [2.24, 2.45) is 10.7 Å². The Morgan fingerprint density at radius 3 is 2.48 bits per heavy atom. The van der Waals surface area contributed by atoms with Crippen LogP contribution in [-0.4, -0.2) is 21.2 Å². The number of hydrogen-bond acceptors (Lipinski definition) is 5. The zero-order valence-electron chi connectivity index (χ0n) is 13.3. The van der Waals surface area contributed by atoms with Gasteiger partial charge in [-0.15, -0.1) is 0 Å². The number of allylic oxidation sites excluding steroid dienone is 1. The smallest absolute Gasteiger partial charge is 0.297 e. The molecule has 25 heavy (non-hydrogen) atoms. The maximum Gasteiger partial charge on any atom is 0.297 e. The summed E-state index contributed by atoms with van der Waals surface area (Å²) in [6.45, 7) is 1.48. The SMILES string of the molecule is Cc1ccc(S(=O)(=O)OCC(N)=CC=Nc2ccc(F)c(F)c2)cc1. The average molecular weight is 366 g/mol. The second kappa shape index (κ2) is 8.00. The van der Waals surface area contributed by atoms with Crippen LogP contribution in [0.25, 0.3) is 0 Å². The van der Waals surface area contributed by atoms with Crippen molar-refractivity contribution in [3.63, 3.8) is 0 Å². The third-order valence-electron chi connectivity index (χ3n) is 3.11. The second-order valence-electron chi connectivity index (χ2n) is 5.15.